The van der Waals surface area contributed by atoms with E-state index in [0.29, 0.717) is 6.42 Å². The zero-order valence-corrected chi connectivity index (χ0v) is 34.2. The van der Waals surface area contributed by atoms with Crippen LogP contribution in [0.2, 0.25) is 0 Å². The molecular formula is C46H91NO3. The fourth-order valence-electron chi connectivity index (χ4n) is 7.24. The van der Waals surface area contributed by atoms with Crippen molar-refractivity contribution in [2.45, 2.75) is 270 Å². The molecule has 0 fully saturated rings. The van der Waals surface area contributed by atoms with Gasteiger partial charge in [-0.15, -0.1) is 0 Å². The average Bonchev–Trinajstić information content (AvgIpc) is 3.12. The van der Waals surface area contributed by atoms with Crippen molar-refractivity contribution >= 4 is 5.91 Å². The van der Waals surface area contributed by atoms with Gasteiger partial charge in [0.15, 0.2) is 0 Å². The number of amides is 1. The minimum absolute atomic E-state index is 0.0587. The lowest BCUT2D eigenvalue weighted by Crippen LogP contribution is -2.45. The third kappa shape index (κ3) is 38.4. The van der Waals surface area contributed by atoms with E-state index in [4.69, 9.17) is 0 Å². The van der Waals surface area contributed by atoms with Gasteiger partial charge in [-0.1, -0.05) is 244 Å². The van der Waals surface area contributed by atoms with Crippen LogP contribution in [0.4, 0.5) is 0 Å². The quantitative estimate of drug-likeness (QED) is 0.0437. The molecule has 0 aliphatic heterocycles. The summed E-state index contributed by atoms with van der Waals surface area (Å²) in [6.07, 6.45) is 53.3. The van der Waals surface area contributed by atoms with Gasteiger partial charge in [-0.25, -0.2) is 0 Å². The fourth-order valence-corrected chi connectivity index (χ4v) is 7.24. The average molecular weight is 706 g/mol. The monoisotopic (exact) mass is 706 g/mol. The number of carbonyl (C=O) groups excluding carboxylic acids is 1. The van der Waals surface area contributed by atoms with Crippen LogP contribution in [0.1, 0.15) is 258 Å². The van der Waals surface area contributed by atoms with E-state index < -0.39 is 12.1 Å². The van der Waals surface area contributed by atoms with Crippen LogP contribution in [0, 0.1) is 0 Å². The predicted octanol–water partition coefficient (Wildman–Crippen LogP) is 14.2. The van der Waals surface area contributed by atoms with Crippen molar-refractivity contribution in [1.29, 1.82) is 0 Å². The number of rotatable bonds is 42. The second-order valence-electron chi connectivity index (χ2n) is 15.8. The predicted molar refractivity (Wildman–Crippen MR) is 221 cm³/mol. The molecule has 0 aliphatic rings. The molecule has 0 saturated carbocycles. The molecule has 0 saturated heterocycles. The van der Waals surface area contributed by atoms with E-state index in [2.05, 4.69) is 19.2 Å². The summed E-state index contributed by atoms with van der Waals surface area (Å²) in [6.45, 7) is 4.33. The van der Waals surface area contributed by atoms with Crippen molar-refractivity contribution in [3.05, 3.63) is 12.2 Å². The number of carbonyl (C=O) groups is 1. The first-order chi connectivity index (χ1) is 24.7. The van der Waals surface area contributed by atoms with Gasteiger partial charge in [-0.3, -0.25) is 4.79 Å². The van der Waals surface area contributed by atoms with E-state index in [1.165, 1.54) is 212 Å². The number of hydrogen-bond acceptors (Lipinski definition) is 3. The van der Waals surface area contributed by atoms with Crippen LogP contribution < -0.4 is 5.32 Å². The van der Waals surface area contributed by atoms with E-state index in [1.807, 2.05) is 6.08 Å². The maximum absolute atomic E-state index is 12.4. The van der Waals surface area contributed by atoms with Gasteiger partial charge in [0, 0.05) is 6.42 Å². The highest BCUT2D eigenvalue weighted by Gasteiger charge is 2.17. The van der Waals surface area contributed by atoms with E-state index in [-0.39, 0.29) is 12.5 Å². The molecule has 298 valence electrons. The number of unbranched alkanes of at least 4 members (excludes halogenated alkanes) is 35. The molecule has 0 bridgehead atoms. The highest BCUT2D eigenvalue weighted by Crippen LogP contribution is 2.16. The molecule has 0 aromatic carbocycles. The topological polar surface area (TPSA) is 69.6 Å². The first kappa shape index (κ1) is 49.1. The Labute approximate surface area is 314 Å². The molecule has 0 spiro atoms. The van der Waals surface area contributed by atoms with Crippen molar-refractivity contribution in [1.82, 2.24) is 5.32 Å². The first-order valence-corrected chi connectivity index (χ1v) is 22.9. The number of nitrogens with one attached hydrogen (secondary N) is 1. The molecule has 4 nitrogen and oxygen atoms in total. The molecule has 1 amide bonds. The summed E-state index contributed by atoms with van der Waals surface area (Å²) < 4.78 is 0. The summed E-state index contributed by atoms with van der Waals surface area (Å²) in [5, 5.41) is 23.0. The summed E-state index contributed by atoms with van der Waals surface area (Å²) >= 11 is 0. The largest absolute Gasteiger partial charge is 0.394 e. The Morgan fingerprint density at radius 3 is 1.04 bits per heavy atom. The van der Waals surface area contributed by atoms with Gasteiger partial charge in [-0.2, -0.15) is 0 Å². The maximum atomic E-state index is 12.4. The molecule has 0 heterocycles. The van der Waals surface area contributed by atoms with Gasteiger partial charge in [0.2, 0.25) is 5.91 Å². The molecule has 4 heteroatoms. The van der Waals surface area contributed by atoms with Gasteiger partial charge in [0.05, 0.1) is 18.8 Å². The summed E-state index contributed by atoms with van der Waals surface area (Å²) in [5.74, 6) is -0.0587. The standard InChI is InChI=1S/C46H91NO3/c1-3-5-7-9-11-13-15-17-19-21-22-23-24-25-26-28-30-32-34-36-38-40-42-46(50)47-44(43-48)45(49)41-39-37-35-33-31-29-27-20-18-16-14-12-10-8-6-4-2/h39,41,44-45,48-49H,3-38,40,42-43H2,1-2H3,(H,47,50)/b41-39+. The van der Waals surface area contributed by atoms with Crippen LogP contribution >= 0.6 is 0 Å². The molecule has 0 aromatic heterocycles. The summed E-state index contributed by atoms with van der Waals surface area (Å²) in [7, 11) is 0. The Kier molecular flexibility index (Phi) is 41.8. The van der Waals surface area contributed by atoms with E-state index >= 15 is 0 Å². The van der Waals surface area contributed by atoms with E-state index in [1.54, 1.807) is 6.08 Å². The van der Waals surface area contributed by atoms with Crippen LogP contribution in [0.15, 0.2) is 12.2 Å². The first-order valence-electron chi connectivity index (χ1n) is 22.9. The molecule has 3 N–H and O–H groups in total. The lowest BCUT2D eigenvalue weighted by Gasteiger charge is -2.20. The van der Waals surface area contributed by atoms with Gasteiger partial charge in [-0.05, 0) is 19.3 Å². The normalized spacial score (nSPS) is 13.0. The fraction of sp³-hybridized carbons (Fsp3) is 0.935. The van der Waals surface area contributed by atoms with Crippen LogP contribution in [0.3, 0.4) is 0 Å². The molecule has 50 heavy (non-hydrogen) atoms. The SMILES string of the molecule is CCCCCCCCCCCCCCCC/C=C/C(O)C(CO)NC(=O)CCCCCCCCCCCCCCCCCCCCCCCC. The van der Waals surface area contributed by atoms with Crippen LogP contribution in [-0.2, 0) is 4.79 Å². The molecule has 0 aromatic rings. The Balaban J connectivity index is 3.50. The smallest absolute Gasteiger partial charge is 0.220 e. The van der Waals surface area contributed by atoms with Crippen molar-refractivity contribution in [3.63, 3.8) is 0 Å². The number of allylic oxidation sites excluding steroid dienone is 1. The number of hydrogen-bond donors (Lipinski definition) is 3. The molecule has 0 rings (SSSR count). The minimum Gasteiger partial charge on any atom is -0.394 e. The van der Waals surface area contributed by atoms with Crippen molar-refractivity contribution in [2.24, 2.45) is 0 Å². The lowest BCUT2D eigenvalue weighted by molar-refractivity contribution is -0.123. The second kappa shape index (κ2) is 42.5. The number of aliphatic hydroxyl groups is 2. The third-order valence-electron chi connectivity index (χ3n) is 10.8. The summed E-state index contributed by atoms with van der Waals surface area (Å²) in [5.41, 5.74) is 0. The van der Waals surface area contributed by atoms with Crippen LogP contribution in [0.25, 0.3) is 0 Å². The Morgan fingerprint density at radius 1 is 0.460 bits per heavy atom. The van der Waals surface area contributed by atoms with Crippen molar-refractivity contribution in [2.75, 3.05) is 6.61 Å². The zero-order valence-electron chi connectivity index (χ0n) is 34.2. The molecule has 0 radical (unpaired) electrons. The zero-order chi connectivity index (χ0) is 36.4. The lowest BCUT2D eigenvalue weighted by atomic mass is 10.0. The molecule has 0 aliphatic carbocycles. The molecule has 2 atom stereocenters. The van der Waals surface area contributed by atoms with Gasteiger partial charge < -0.3 is 15.5 Å². The van der Waals surface area contributed by atoms with E-state index in [9.17, 15) is 15.0 Å². The highest BCUT2D eigenvalue weighted by molar-refractivity contribution is 5.76. The van der Waals surface area contributed by atoms with Gasteiger partial charge >= 0.3 is 0 Å². The summed E-state index contributed by atoms with van der Waals surface area (Å²) in [4.78, 5) is 12.4. The molecule has 2 unspecified atom stereocenters. The highest BCUT2D eigenvalue weighted by atomic mass is 16.3. The van der Waals surface area contributed by atoms with Crippen LogP contribution in [-0.4, -0.2) is 34.9 Å². The second-order valence-corrected chi connectivity index (χ2v) is 15.8. The molecular weight excluding hydrogens is 615 g/mol. The Hall–Kier alpha value is -0.870. The summed E-state index contributed by atoms with van der Waals surface area (Å²) in [6, 6.07) is -0.616. The maximum Gasteiger partial charge on any atom is 0.220 e. The van der Waals surface area contributed by atoms with Crippen molar-refractivity contribution < 1.29 is 15.0 Å². The Bertz CT molecular complexity index is 680. The van der Waals surface area contributed by atoms with Crippen LogP contribution in [0.5, 0.6) is 0 Å². The van der Waals surface area contributed by atoms with Gasteiger partial charge in [0.1, 0.15) is 0 Å². The van der Waals surface area contributed by atoms with Gasteiger partial charge in [0.25, 0.3) is 0 Å². The Morgan fingerprint density at radius 2 is 0.740 bits per heavy atom. The van der Waals surface area contributed by atoms with Crippen molar-refractivity contribution in [3.8, 4) is 0 Å². The third-order valence-corrected chi connectivity index (χ3v) is 10.8. The number of aliphatic hydroxyl groups excluding tert-OH is 2. The minimum atomic E-state index is -0.833. The van der Waals surface area contributed by atoms with E-state index in [0.717, 1.165) is 25.7 Å².